The van der Waals surface area contributed by atoms with Crippen LogP contribution in [-0.4, -0.2) is 56.3 Å². The lowest BCUT2D eigenvalue weighted by molar-refractivity contribution is -0.123. The van der Waals surface area contributed by atoms with Crippen LogP contribution >= 0.6 is 0 Å². The second-order valence-electron chi connectivity index (χ2n) is 8.08. The molecule has 1 aromatic rings. The number of rotatable bonds is 14. The molecule has 4 unspecified atom stereocenters. The van der Waals surface area contributed by atoms with Crippen molar-refractivity contribution in [1.82, 2.24) is 0 Å². The minimum atomic E-state index is -1.64. The minimum Gasteiger partial charge on any atom is -0.465 e. The molecular formula is C22H34O8. The molecule has 4 atom stereocenters. The van der Waals surface area contributed by atoms with Gasteiger partial charge in [0.25, 0.3) is 0 Å². The maximum absolute atomic E-state index is 12.9. The Bertz CT molecular complexity index is 694. The number of benzene rings is 1. The van der Waals surface area contributed by atoms with Gasteiger partial charge in [0, 0.05) is 6.07 Å². The predicted molar refractivity (Wildman–Crippen MR) is 110 cm³/mol. The number of carbonyl (C=O) groups is 2. The van der Waals surface area contributed by atoms with Gasteiger partial charge in [-0.05, 0) is 52.7 Å². The Morgan fingerprint density at radius 2 is 1.57 bits per heavy atom. The van der Waals surface area contributed by atoms with E-state index >= 15 is 0 Å². The van der Waals surface area contributed by atoms with Gasteiger partial charge in [0.15, 0.2) is 24.6 Å². The van der Waals surface area contributed by atoms with E-state index in [9.17, 15) is 30.0 Å². The Hall–Kier alpha value is -2.00. The van der Waals surface area contributed by atoms with Crippen LogP contribution in [0.1, 0.15) is 76.6 Å². The molecule has 8 nitrogen and oxygen atoms in total. The summed E-state index contributed by atoms with van der Waals surface area (Å²) in [6, 6.07) is 4.28. The Balaban J connectivity index is 2.75. The van der Waals surface area contributed by atoms with Crippen molar-refractivity contribution in [2.24, 2.45) is 0 Å². The number of aliphatic hydroxyl groups is 4. The molecule has 0 aliphatic carbocycles. The molecule has 0 saturated carbocycles. The number of carbonyl (C=O) groups excluding carboxylic acids is 2. The number of ether oxygens (including phenoxy) is 2. The predicted octanol–water partition coefficient (Wildman–Crippen LogP) is 2.35. The third kappa shape index (κ3) is 8.79. The highest BCUT2D eigenvalue weighted by Gasteiger charge is 2.33. The fourth-order valence-electron chi connectivity index (χ4n) is 3.01. The Morgan fingerprint density at radius 1 is 1.00 bits per heavy atom. The van der Waals surface area contributed by atoms with E-state index in [1.807, 2.05) is 0 Å². The molecule has 0 spiro atoms. The quantitative estimate of drug-likeness (QED) is 0.154. The zero-order chi connectivity index (χ0) is 22.9. The molecule has 0 aliphatic rings. The van der Waals surface area contributed by atoms with Crippen LogP contribution in [-0.2, 0) is 4.79 Å². The van der Waals surface area contributed by atoms with Gasteiger partial charge in [-0.2, -0.15) is 0 Å². The summed E-state index contributed by atoms with van der Waals surface area (Å²) in [4.78, 5) is 23.6. The molecule has 8 heteroatoms. The summed E-state index contributed by atoms with van der Waals surface area (Å²) in [5, 5.41) is 39.3. The van der Waals surface area contributed by atoms with Crippen molar-refractivity contribution < 1.29 is 39.5 Å². The van der Waals surface area contributed by atoms with Gasteiger partial charge in [0.2, 0.25) is 0 Å². The average Bonchev–Trinajstić information content (AvgIpc) is 2.63. The van der Waals surface area contributed by atoms with E-state index in [1.165, 1.54) is 45.9 Å². The molecule has 30 heavy (non-hydrogen) atoms. The highest BCUT2D eigenvalue weighted by atomic mass is 16.6. The topological polar surface area (TPSA) is 134 Å². The van der Waals surface area contributed by atoms with Crippen molar-refractivity contribution >= 4 is 12.1 Å². The molecule has 1 aromatic carbocycles. The molecule has 0 aliphatic heterocycles. The molecule has 0 aromatic heterocycles. The fourth-order valence-corrected chi connectivity index (χ4v) is 3.01. The van der Waals surface area contributed by atoms with E-state index in [0.717, 1.165) is 12.8 Å². The lowest BCUT2D eigenvalue weighted by Crippen LogP contribution is -2.35. The van der Waals surface area contributed by atoms with Crippen molar-refractivity contribution in [2.45, 2.75) is 90.0 Å². The first kappa shape index (κ1) is 26.0. The van der Waals surface area contributed by atoms with Gasteiger partial charge in [0.05, 0.1) is 5.56 Å². The number of aliphatic hydroxyl groups excluding tert-OH is 2. The van der Waals surface area contributed by atoms with E-state index in [-0.39, 0.29) is 23.5 Å². The largest absolute Gasteiger partial charge is 0.465 e. The summed E-state index contributed by atoms with van der Waals surface area (Å²) < 4.78 is 10.5. The van der Waals surface area contributed by atoms with Gasteiger partial charge in [-0.25, -0.2) is 0 Å². The lowest BCUT2D eigenvalue weighted by atomic mass is 9.88. The third-order valence-electron chi connectivity index (χ3n) is 4.64. The van der Waals surface area contributed by atoms with Crippen LogP contribution in [0, 0.1) is 0 Å². The number of hydrogen-bond acceptors (Lipinski definition) is 8. The number of aldehydes is 1. The Morgan fingerprint density at radius 3 is 2.10 bits per heavy atom. The van der Waals surface area contributed by atoms with E-state index in [4.69, 9.17) is 9.47 Å². The van der Waals surface area contributed by atoms with Gasteiger partial charge in [-0.3, -0.25) is 4.79 Å². The van der Waals surface area contributed by atoms with Crippen LogP contribution in [0.3, 0.4) is 0 Å². The molecule has 4 N–H and O–H groups in total. The average molecular weight is 427 g/mol. The van der Waals surface area contributed by atoms with Crippen molar-refractivity contribution in [2.75, 3.05) is 0 Å². The van der Waals surface area contributed by atoms with Gasteiger partial charge >= 0.3 is 0 Å². The fraction of sp³-hybridized carbons (Fsp3) is 0.636. The zero-order valence-corrected chi connectivity index (χ0v) is 18.1. The SMILES string of the molecule is CC(O)Oc1ccc(C(=O)C(C)(O)CCCCCCC(C)(O)C=O)c(OC(C)O)c1. The molecule has 0 heterocycles. The molecular weight excluding hydrogens is 392 g/mol. The summed E-state index contributed by atoms with van der Waals surface area (Å²) in [7, 11) is 0. The van der Waals surface area contributed by atoms with Gasteiger partial charge in [0.1, 0.15) is 22.7 Å². The maximum Gasteiger partial charge on any atom is 0.197 e. The van der Waals surface area contributed by atoms with Crippen molar-refractivity contribution in [3.63, 3.8) is 0 Å². The van der Waals surface area contributed by atoms with Crippen LogP contribution in [0.25, 0.3) is 0 Å². The summed E-state index contributed by atoms with van der Waals surface area (Å²) in [5.41, 5.74) is -2.86. The summed E-state index contributed by atoms with van der Waals surface area (Å²) in [6.07, 6.45) is 1.60. The van der Waals surface area contributed by atoms with Crippen LogP contribution in [0.4, 0.5) is 0 Å². The number of hydrogen-bond donors (Lipinski definition) is 4. The number of unbranched alkanes of at least 4 members (excludes halogenated alkanes) is 3. The Labute approximate surface area is 177 Å². The number of ketones is 1. The van der Waals surface area contributed by atoms with Gasteiger partial charge < -0.3 is 34.7 Å². The second kappa shape index (κ2) is 11.4. The van der Waals surface area contributed by atoms with Crippen molar-refractivity contribution in [1.29, 1.82) is 0 Å². The molecule has 1 rings (SSSR count). The first-order chi connectivity index (χ1) is 13.9. The monoisotopic (exact) mass is 426 g/mol. The highest BCUT2D eigenvalue weighted by Crippen LogP contribution is 2.31. The minimum absolute atomic E-state index is 0.0459. The van der Waals surface area contributed by atoms with Crippen molar-refractivity contribution in [3.8, 4) is 11.5 Å². The molecule has 0 bridgehead atoms. The summed E-state index contributed by atoms with van der Waals surface area (Å²) in [6.45, 7) is 5.71. The molecule has 170 valence electrons. The standard InChI is InChI=1S/C22H34O8/c1-15(24)29-17-9-10-18(19(13-17)30-16(2)25)20(26)22(4,28)12-8-6-5-7-11-21(3,27)14-23/h9-10,13-16,24-25,27-28H,5-8,11-12H2,1-4H3. The Kier molecular flexibility index (Phi) is 9.90. The smallest absolute Gasteiger partial charge is 0.197 e. The normalized spacial score (nSPS) is 17.3. The lowest BCUT2D eigenvalue weighted by Gasteiger charge is -2.24. The summed E-state index contributed by atoms with van der Waals surface area (Å²) >= 11 is 0. The maximum atomic E-state index is 12.9. The highest BCUT2D eigenvalue weighted by molar-refractivity contribution is 6.04. The van der Waals surface area contributed by atoms with Crippen LogP contribution in [0.2, 0.25) is 0 Å². The zero-order valence-electron chi connectivity index (χ0n) is 18.1. The second-order valence-corrected chi connectivity index (χ2v) is 8.08. The molecule has 0 fully saturated rings. The third-order valence-corrected chi connectivity index (χ3v) is 4.64. The van der Waals surface area contributed by atoms with E-state index < -0.39 is 29.6 Å². The first-order valence-corrected chi connectivity index (χ1v) is 10.2. The van der Waals surface area contributed by atoms with E-state index in [2.05, 4.69) is 0 Å². The van der Waals surface area contributed by atoms with Crippen molar-refractivity contribution in [3.05, 3.63) is 23.8 Å². The molecule has 0 amide bonds. The van der Waals surface area contributed by atoms with E-state index in [0.29, 0.717) is 25.5 Å². The van der Waals surface area contributed by atoms with Crippen LogP contribution < -0.4 is 9.47 Å². The summed E-state index contributed by atoms with van der Waals surface area (Å²) in [5.74, 6) is -0.252. The van der Waals surface area contributed by atoms with Crippen LogP contribution in [0.5, 0.6) is 11.5 Å². The number of Topliss-reactive ketones (excluding diaryl/α,β-unsaturated/α-hetero) is 1. The molecule has 0 radical (unpaired) electrons. The van der Waals surface area contributed by atoms with Gasteiger partial charge in [-0.15, -0.1) is 0 Å². The molecule has 0 saturated heterocycles. The van der Waals surface area contributed by atoms with E-state index in [1.54, 1.807) is 0 Å². The first-order valence-electron chi connectivity index (χ1n) is 10.2. The van der Waals surface area contributed by atoms with Gasteiger partial charge in [-0.1, -0.05) is 25.7 Å². The van der Waals surface area contributed by atoms with Crippen LogP contribution in [0.15, 0.2) is 18.2 Å².